The van der Waals surface area contributed by atoms with Crippen molar-refractivity contribution in [1.82, 2.24) is 0 Å². The molecular formula is C25H32N2O5. The number of benzene rings is 2. The van der Waals surface area contributed by atoms with E-state index in [1.807, 2.05) is 38.1 Å². The molecule has 172 valence electrons. The summed E-state index contributed by atoms with van der Waals surface area (Å²) in [5, 5.41) is 2.93. The molecule has 0 aromatic heterocycles. The maximum absolute atomic E-state index is 12.7. The van der Waals surface area contributed by atoms with E-state index in [0.29, 0.717) is 43.6 Å². The van der Waals surface area contributed by atoms with Crippen molar-refractivity contribution in [3.05, 3.63) is 41.5 Å². The van der Waals surface area contributed by atoms with Gasteiger partial charge in [-0.05, 0) is 56.4 Å². The van der Waals surface area contributed by atoms with Crippen molar-refractivity contribution in [2.45, 2.75) is 33.1 Å². The fourth-order valence-electron chi connectivity index (χ4n) is 4.22. The standard InChI is InChI=1S/C25H32N2O5/c1-3-30-23-16-22(27-10-12-29-13-11-27)24(31-4-2)15-21(23)26-25(28)17-32-20-9-8-18-6-5-7-19(18)14-20/h8-9,14-16H,3-7,10-13,17H2,1-2H3,(H,26,28). The number of fused-ring (bicyclic) bond motifs is 1. The predicted molar refractivity (Wildman–Crippen MR) is 124 cm³/mol. The third-order valence-electron chi connectivity index (χ3n) is 5.73. The van der Waals surface area contributed by atoms with Gasteiger partial charge in [0.2, 0.25) is 0 Å². The Bertz CT molecular complexity index is 940. The molecule has 0 atom stereocenters. The Balaban J connectivity index is 1.48. The van der Waals surface area contributed by atoms with Crippen LogP contribution in [0.5, 0.6) is 17.2 Å². The van der Waals surface area contributed by atoms with Crippen molar-refractivity contribution in [3.63, 3.8) is 0 Å². The van der Waals surface area contributed by atoms with Crippen LogP contribution >= 0.6 is 0 Å². The third-order valence-corrected chi connectivity index (χ3v) is 5.73. The van der Waals surface area contributed by atoms with E-state index in [9.17, 15) is 4.79 Å². The van der Waals surface area contributed by atoms with E-state index in [-0.39, 0.29) is 12.5 Å². The molecule has 32 heavy (non-hydrogen) atoms. The molecule has 1 fully saturated rings. The van der Waals surface area contributed by atoms with Gasteiger partial charge in [-0.2, -0.15) is 0 Å². The van der Waals surface area contributed by atoms with E-state index in [1.165, 1.54) is 17.5 Å². The molecule has 1 N–H and O–H groups in total. The number of anilines is 2. The summed E-state index contributed by atoms with van der Waals surface area (Å²) in [7, 11) is 0. The van der Waals surface area contributed by atoms with Crippen LogP contribution in [-0.2, 0) is 22.4 Å². The molecule has 1 aliphatic carbocycles. The van der Waals surface area contributed by atoms with Gasteiger partial charge in [-0.1, -0.05) is 6.07 Å². The van der Waals surface area contributed by atoms with Gasteiger partial charge in [0.25, 0.3) is 5.91 Å². The maximum Gasteiger partial charge on any atom is 0.262 e. The van der Waals surface area contributed by atoms with Crippen LogP contribution in [0.15, 0.2) is 30.3 Å². The van der Waals surface area contributed by atoms with E-state index in [2.05, 4.69) is 16.3 Å². The fourth-order valence-corrected chi connectivity index (χ4v) is 4.22. The van der Waals surface area contributed by atoms with Crippen LogP contribution in [-0.4, -0.2) is 52.0 Å². The highest BCUT2D eigenvalue weighted by Gasteiger charge is 2.20. The molecule has 2 aliphatic rings. The summed E-state index contributed by atoms with van der Waals surface area (Å²) in [5.41, 5.74) is 4.23. The number of rotatable bonds is 9. The van der Waals surface area contributed by atoms with Crippen molar-refractivity contribution >= 4 is 17.3 Å². The SMILES string of the molecule is CCOc1cc(N2CCOCC2)c(OCC)cc1NC(=O)COc1ccc2c(c1)CCC2. The second kappa shape index (κ2) is 10.6. The highest BCUT2D eigenvalue weighted by atomic mass is 16.5. The Morgan fingerprint density at radius 3 is 2.50 bits per heavy atom. The minimum absolute atomic E-state index is 0.0699. The van der Waals surface area contributed by atoms with Crippen molar-refractivity contribution in [3.8, 4) is 17.2 Å². The molecule has 7 heteroatoms. The summed E-state index contributed by atoms with van der Waals surface area (Å²) in [6.45, 7) is 7.74. The summed E-state index contributed by atoms with van der Waals surface area (Å²) in [5.74, 6) is 1.81. The van der Waals surface area contributed by atoms with Crippen molar-refractivity contribution in [1.29, 1.82) is 0 Å². The number of carbonyl (C=O) groups excluding carboxylic acids is 1. The average molecular weight is 441 g/mol. The first-order chi connectivity index (χ1) is 15.7. The largest absolute Gasteiger partial charge is 0.492 e. The molecule has 7 nitrogen and oxygen atoms in total. The molecule has 0 radical (unpaired) electrons. The summed E-state index contributed by atoms with van der Waals surface area (Å²) in [4.78, 5) is 14.9. The lowest BCUT2D eigenvalue weighted by Gasteiger charge is -2.31. The third kappa shape index (κ3) is 5.27. The van der Waals surface area contributed by atoms with Gasteiger partial charge in [0.05, 0.1) is 37.8 Å². The van der Waals surface area contributed by atoms with Crippen molar-refractivity contribution in [2.75, 3.05) is 56.3 Å². The van der Waals surface area contributed by atoms with Crippen molar-refractivity contribution < 1.29 is 23.7 Å². The van der Waals surface area contributed by atoms with Crippen molar-refractivity contribution in [2.24, 2.45) is 0 Å². The Kier molecular flexibility index (Phi) is 7.37. The molecular weight excluding hydrogens is 408 g/mol. The Morgan fingerprint density at radius 2 is 1.72 bits per heavy atom. The maximum atomic E-state index is 12.7. The fraction of sp³-hybridized carbons (Fsp3) is 0.480. The van der Waals surface area contributed by atoms with Gasteiger partial charge in [-0.3, -0.25) is 4.79 Å². The summed E-state index contributed by atoms with van der Waals surface area (Å²) >= 11 is 0. The van der Waals surface area contributed by atoms with E-state index >= 15 is 0 Å². The highest BCUT2D eigenvalue weighted by Crippen LogP contribution is 2.39. The molecule has 2 aromatic rings. The molecule has 0 spiro atoms. The monoisotopic (exact) mass is 440 g/mol. The number of aryl methyl sites for hydroxylation is 2. The first kappa shape index (κ1) is 22.3. The van der Waals surface area contributed by atoms with Gasteiger partial charge in [-0.25, -0.2) is 0 Å². The van der Waals surface area contributed by atoms with E-state index < -0.39 is 0 Å². The van der Waals surface area contributed by atoms with Crippen LogP contribution in [0.3, 0.4) is 0 Å². The second-order valence-corrected chi connectivity index (χ2v) is 7.90. The van der Waals surface area contributed by atoms with Crippen LogP contribution in [0.25, 0.3) is 0 Å². The predicted octanol–water partition coefficient (Wildman–Crippen LogP) is 3.83. The normalized spacial score (nSPS) is 15.2. The Labute approximate surface area is 189 Å². The van der Waals surface area contributed by atoms with Gasteiger partial charge in [0.1, 0.15) is 17.2 Å². The number of hydrogen-bond acceptors (Lipinski definition) is 6. The highest BCUT2D eigenvalue weighted by molar-refractivity contribution is 5.94. The Morgan fingerprint density at radius 1 is 0.969 bits per heavy atom. The van der Waals surface area contributed by atoms with E-state index in [4.69, 9.17) is 18.9 Å². The summed E-state index contributed by atoms with van der Waals surface area (Å²) in [6, 6.07) is 9.86. The first-order valence-corrected chi connectivity index (χ1v) is 11.5. The minimum Gasteiger partial charge on any atom is -0.492 e. The van der Waals surface area contributed by atoms with Gasteiger partial charge in [0, 0.05) is 25.2 Å². The number of hydrogen-bond donors (Lipinski definition) is 1. The summed E-state index contributed by atoms with van der Waals surface area (Å²) < 4.78 is 23.0. The van der Waals surface area contributed by atoms with Crippen LogP contribution in [0, 0.1) is 0 Å². The zero-order valence-corrected chi connectivity index (χ0v) is 18.9. The zero-order chi connectivity index (χ0) is 22.3. The second-order valence-electron chi connectivity index (χ2n) is 7.90. The summed E-state index contributed by atoms with van der Waals surface area (Å²) in [6.07, 6.45) is 3.38. The molecule has 1 heterocycles. The van der Waals surface area contributed by atoms with Crippen LogP contribution < -0.4 is 24.4 Å². The lowest BCUT2D eigenvalue weighted by molar-refractivity contribution is -0.118. The van der Waals surface area contributed by atoms with Gasteiger partial charge in [0.15, 0.2) is 6.61 Å². The molecule has 1 aliphatic heterocycles. The molecule has 0 bridgehead atoms. The molecule has 0 unspecified atom stereocenters. The van der Waals surface area contributed by atoms with Crippen LogP contribution in [0.4, 0.5) is 11.4 Å². The molecule has 2 aromatic carbocycles. The zero-order valence-electron chi connectivity index (χ0n) is 18.9. The topological polar surface area (TPSA) is 69.3 Å². The average Bonchev–Trinajstić information content (AvgIpc) is 3.28. The first-order valence-electron chi connectivity index (χ1n) is 11.5. The Hall–Kier alpha value is -2.93. The number of amides is 1. The lowest BCUT2D eigenvalue weighted by Crippen LogP contribution is -2.36. The minimum atomic E-state index is -0.243. The van der Waals surface area contributed by atoms with Gasteiger partial charge in [-0.15, -0.1) is 0 Å². The quantitative estimate of drug-likeness (QED) is 0.639. The number of nitrogens with zero attached hydrogens (tertiary/aromatic N) is 1. The van der Waals surface area contributed by atoms with E-state index in [0.717, 1.165) is 37.4 Å². The van der Waals surface area contributed by atoms with Crippen LogP contribution in [0.1, 0.15) is 31.4 Å². The van der Waals surface area contributed by atoms with Gasteiger partial charge < -0.3 is 29.2 Å². The number of ether oxygens (including phenoxy) is 4. The van der Waals surface area contributed by atoms with E-state index in [1.54, 1.807) is 0 Å². The number of morpholine rings is 1. The van der Waals surface area contributed by atoms with Crippen LogP contribution in [0.2, 0.25) is 0 Å². The molecule has 1 amide bonds. The molecule has 1 saturated heterocycles. The molecule has 4 rings (SSSR count). The van der Waals surface area contributed by atoms with Gasteiger partial charge >= 0.3 is 0 Å². The lowest BCUT2D eigenvalue weighted by atomic mass is 10.1. The number of carbonyl (C=O) groups is 1. The molecule has 0 saturated carbocycles. The number of nitrogens with one attached hydrogen (secondary N) is 1. The smallest absolute Gasteiger partial charge is 0.262 e.